The highest BCUT2D eigenvalue weighted by Crippen LogP contribution is 2.26. The average molecular weight is 287 g/mol. The van der Waals surface area contributed by atoms with Crippen LogP contribution in [0.15, 0.2) is 18.2 Å². The molecule has 0 bridgehead atoms. The standard InChI is InChI=1S/C12H17NO5S/c1-8(7-19(3,16)17)13-10-6-9(12(14)15)4-5-11(10)18-2/h4-6,8,13H,7H2,1-3H3,(H,14,15). The zero-order chi connectivity index (χ0) is 14.6. The van der Waals surface area contributed by atoms with Crippen LogP contribution in [0.4, 0.5) is 5.69 Å². The molecule has 0 aliphatic carbocycles. The molecule has 0 aromatic heterocycles. The van der Waals surface area contributed by atoms with Gasteiger partial charge in [-0.15, -0.1) is 0 Å². The molecule has 0 spiro atoms. The lowest BCUT2D eigenvalue weighted by Gasteiger charge is -2.17. The van der Waals surface area contributed by atoms with E-state index in [1.54, 1.807) is 6.92 Å². The SMILES string of the molecule is COc1ccc(C(=O)O)cc1NC(C)CS(C)(=O)=O. The van der Waals surface area contributed by atoms with E-state index in [9.17, 15) is 13.2 Å². The Hall–Kier alpha value is -1.76. The molecule has 0 amide bonds. The normalized spacial score (nSPS) is 12.8. The van der Waals surface area contributed by atoms with E-state index in [-0.39, 0.29) is 17.4 Å². The van der Waals surface area contributed by atoms with Crippen molar-refractivity contribution >= 4 is 21.5 Å². The van der Waals surface area contributed by atoms with Crippen molar-refractivity contribution in [2.24, 2.45) is 0 Å². The zero-order valence-electron chi connectivity index (χ0n) is 11.0. The maximum Gasteiger partial charge on any atom is 0.335 e. The molecule has 1 aromatic rings. The smallest absolute Gasteiger partial charge is 0.335 e. The molecular weight excluding hydrogens is 270 g/mol. The van der Waals surface area contributed by atoms with E-state index in [0.717, 1.165) is 6.26 Å². The summed E-state index contributed by atoms with van der Waals surface area (Å²) >= 11 is 0. The van der Waals surface area contributed by atoms with E-state index in [1.807, 2.05) is 0 Å². The highest BCUT2D eigenvalue weighted by molar-refractivity contribution is 7.90. The molecule has 19 heavy (non-hydrogen) atoms. The van der Waals surface area contributed by atoms with Crippen LogP contribution in [0.5, 0.6) is 5.75 Å². The highest BCUT2D eigenvalue weighted by Gasteiger charge is 2.14. The van der Waals surface area contributed by atoms with Gasteiger partial charge in [0.25, 0.3) is 0 Å². The van der Waals surface area contributed by atoms with Gasteiger partial charge in [0.05, 0.1) is 24.1 Å². The number of carboxylic acids is 1. The number of rotatable bonds is 6. The van der Waals surface area contributed by atoms with Crippen LogP contribution in [0.25, 0.3) is 0 Å². The van der Waals surface area contributed by atoms with Crippen LogP contribution in [-0.4, -0.2) is 44.7 Å². The molecule has 0 fully saturated rings. The molecule has 0 heterocycles. The van der Waals surface area contributed by atoms with Gasteiger partial charge in [0, 0.05) is 12.3 Å². The Kier molecular flexibility index (Phi) is 4.77. The Balaban J connectivity index is 2.97. The van der Waals surface area contributed by atoms with Crippen LogP contribution >= 0.6 is 0 Å². The first-order valence-corrected chi connectivity index (χ1v) is 7.64. The summed E-state index contributed by atoms with van der Waals surface area (Å²) in [5.74, 6) is -0.639. The number of carboxylic acid groups (broad SMARTS) is 1. The first-order valence-electron chi connectivity index (χ1n) is 5.58. The summed E-state index contributed by atoms with van der Waals surface area (Å²) in [6.07, 6.45) is 1.15. The van der Waals surface area contributed by atoms with Gasteiger partial charge in [0.15, 0.2) is 0 Å². The van der Waals surface area contributed by atoms with Gasteiger partial charge < -0.3 is 15.2 Å². The maximum atomic E-state index is 11.2. The Labute approximate surface area is 112 Å². The van der Waals surface area contributed by atoms with Gasteiger partial charge in [-0.3, -0.25) is 0 Å². The first kappa shape index (κ1) is 15.3. The second-order valence-corrected chi connectivity index (χ2v) is 6.54. The summed E-state index contributed by atoms with van der Waals surface area (Å²) in [6, 6.07) is 4.01. The lowest BCUT2D eigenvalue weighted by Crippen LogP contribution is -2.25. The molecule has 106 valence electrons. The summed E-state index contributed by atoms with van der Waals surface area (Å²) in [5, 5.41) is 11.9. The summed E-state index contributed by atoms with van der Waals surface area (Å²) < 4.78 is 27.5. The molecule has 0 aliphatic rings. The number of benzene rings is 1. The first-order chi connectivity index (χ1) is 8.73. The molecule has 1 atom stereocenters. The van der Waals surface area contributed by atoms with Gasteiger partial charge in [-0.05, 0) is 25.1 Å². The van der Waals surface area contributed by atoms with Gasteiger partial charge >= 0.3 is 5.97 Å². The van der Waals surface area contributed by atoms with Crippen molar-refractivity contribution in [3.63, 3.8) is 0 Å². The van der Waals surface area contributed by atoms with Crippen molar-refractivity contribution in [1.29, 1.82) is 0 Å². The van der Waals surface area contributed by atoms with Crippen LogP contribution in [0.3, 0.4) is 0 Å². The van der Waals surface area contributed by atoms with E-state index in [4.69, 9.17) is 9.84 Å². The largest absolute Gasteiger partial charge is 0.495 e. The lowest BCUT2D eigenvalue weighted by molar-refractivity contribution is 0.0697. The fourth-order valence-corrected chi connectivity index (χ4v) is 2.71. The minimum Gasteiger partial charge on any atom is -0.495 e. The average Bonchev–Trinajstić information content (AvgIpc) is 2.26. The lowest BCUT2D eigenvalue weighted by atomic mass is 10.1. The minimum atomic E-state index is -3.11. The Morgan fingerprint density at radius 1 is 1.47 bits per heavy atom. The second-order valence-electron chi connectivity index (χ2n) is 4.36. The third-order valence-corrected chi connectivity index (χ3v) is 3.51. The zero-order valence-corrected chi connectivity index (χ0v) is 11.8. The van der Waals surface area contributed by atoms with Crippen LogP contribution in [0.2, 0.25) is 0 Å². The van der Waals surface area contributed by atoms with E-state index in [1.165, 1.54) is 25.3 Å². The molecule has 1 aromatic carbocycles. The molecule has 0 aliphatic heterocycles. The highest BCUT2D eigenvalue weighted by atomic mass is 32.2. The van der Waals surface area contributed by atoms with E-state index >= 15 is 0 Å². The molecule has 2 N–H and O–H groups in total. The fourth-order valence-electron chi connectivity index (χ4n) is 1.72. The van der Waals surface area contributed by atoms with Gasteiger partial charge in [-0.25, -0.2) is 13.2 Å². The number of ether oxygens (including phenoxy) is 1. The monoisotopic (exact) mass is 287 g/mol. The van der Waals surface area contributed by atoms with Crippen molar-refractivity contribution in [2.75, 3.05) is 24.4 Å². The summed E-state index contributed by atoms with van der Waals surface area (Å²) in [7, 11) is -1.65. The molecule has 0 saturated carbocycles. The van der Waals surface area contributed by atoms with Gasteiger partial charge in [-0.2, -0.15) is 0 Å². The van der Waals surface area contributed by atoms with Crippen LogP contribution in [-0.2, 0) is 9.84 Å². The molecular formula is C12H17NO5S. The quantitative estimate of drug-likeness (QED) is 0.817. The van der Waals surface area contributed by atoms with Crippen molar-refractivity contribution < 1.29 is 23.1 Å². The fraction of sp³-hybridized carbons (Fsp3) is 0.417. The number of methoxy groups -OCH3 is 1. The van der Waals surface area contributed by atoms with E-state index in [0.29, 0.717) is 11.4 Å². The van der Waals surface area contributed by atoms with Crippen LogP contribution in [0, 0.1) is 0 Å². The molecule has 0 radical (unpaired) electrons. The Morgan fingerprint density at radius 3 is 2.58 bits per heavy atom. The predicted molar refractivity (Wildman–Crippen MR) is 72.7 cm³/mol. The number of carbonyl (C=O) groups is 1. The number of aromatic carboxylic acids is 1. The van der Waals surface area contributed by atoms with Crippen molar-refractivity contribution in [3.05, 3.63) is 23.8 Å². The third kappa shape index (κ3) is 4.78. The Morgan fingerprint density at radius 2 is 2.11 bits per heavy atom. The molecule has 1 unspecified atom stereocenters. The number of anilines is 1. The minimum absolute atomic E-state index is 0.0482. The van der Waals surface area contributed by atoms with E-state index in [2.05, 4.69) is 5.32 Å². The van der Waals surface area contributed by atoms with E-state index < -0.39 is 15.8 Å². The number of hydrogen-bond acceptors (Lipinski definition) is 5. The third-order valence-electron chi connectivity index (χ3n) is 2.40. The van der Waals surface area contributed by atoms with Crippen LogP contribution < -0.4 is 10.1 Å². The van der Waals surface area contributed by atoms with Crippen molar-refractivity contribution in [2.45, 2.75) is 13.0 Å². The molecule has 0 saturated heterocycles. The summed E-state index contributed by atoms with van der Waals surface area (Å²) in [4.78, 5) is 10.9. The molecule has 6 nitrogen and oxygen atoms in total. The summed E-state index contributed by atoms with van der Waals surface area (Å²) in [6.45, 7) is 1.70. The maximum absolute atomic E-state index is 11.2. The van der Waals surface area contributed by atoms with Crippen molar-refractivity contribution in [3.8, 4) is 5.75 Å². The summed E-state index contributed by atoms with van der Waals surface area (Å²) in [5.41, 5.74) is 0.563. The van der Waals surface area contributed by atoms with Crippen molar-refractivity contribution in [1.82, 2.24) is 0 Å². The number of hydrogen-bond donors (Lipinski definition) is 2. The molecule has 1 rings (SSSR count). The topological polar surface area (TPSA) is 92.7 Å². The van der Waals surface area contributed by atoms with Crippen LogP contribution in [0.1, 0.15) is 17.3 Å². The number of sulfone groups is 1. The predicted octanol–water partition coefficient (Wildman–Crippen LogP) is 1.24. The van der Waals surface area contributed by atoms with Gasteiger partial charge in [0.2, 0.25) is 0 Å². The second kappa shape index (κ2) is 5.92. The Bertz CT molecular complexity index is 567. The number of nitrogens with one attached hydrogen (secondary N) is 1. The molecule has 7 heteroatoms. The van der Waals surface area contributed by atoms with Gasteiger partial charge in [0.1, 0.15) is 15.6 Å². The van der Waals surface area contributed by atoms with Gasteiger partial charge in [-0.1, -0.05) is 0 Å².